The number of carbonyl (C=O) groups is 1. The van der Waals surface area contributed by atoms with Gasteiger partial charge in [0.05, 0.1) is 5.56 Å². The maximum atomic E-state index is 12.5. The van der Waals surface area contributed by atoms with Gasteiger partial charge in [-0.25, -0.2) is 4.98 Å². The predicted octanol–water partition coefficient (Wildman–Crippen LogP) is 3.32. The van der Waals surface area contributed by atoms with E-state index in [4.69, 9.17) is 10.2 Å². The summed E-state index contributed by atoms with van der Waals surface area (Å²) in [7, 11) is 0. The molecular formula is C22H24N4O2. The number of likely N-dealkylation sites (tertiary alicyclic amines) is 1. The van der Waals surface area contributed by atoms with E-state index in [1.54, 1.807) is 6.07 Å². The van der Waals surface area contributed by atoms with Crippen molar-refractivity contribution in [1.82, 2.24) is 15.2 Å². The van der Waals surface area contributed by atoms with E-state index in [9.17, 15) is 4.79 Å². The summed E-state index contributed by atoms with van der Waals surface area (Å²) >= 11 is 0. The second-order valence-corrected chi connectivity index (χ2v) is 7.13. The highest BCUT2D eigenvalue weighted by Crippen LogP contribution is 2.24. The molecule has 0 unspecified atom stereocenters. The van der Waals surface area contributed by atoms with E-state index < -0.39 is 0 Å². The molecule has 4 rings (SSSR count). The zero-order chi connectivity index (χ0) is 19.3. The average Bonchev–Trinajstić information content (AvgIpc) is 3.21. The van der Waals surface area contributed by atoms with Gasteiger partial charge < -0.3 is 15.5 Å². The summed E-state index contributed by atoms with van der Waals surface area (Å²) < 4.78 is 5.47. The van der Waals surface area contributed by atoms with Crippen LogP contribution in [0.15, 0.2) is 65.3 Å². The number of nitrogens with zero attached hydrogens (tertiary/aromatic N) is 2. The van der Waals surface area contributed by atoms with E-state index in [0.29, 0.717) is 17.1 Å². The van der Waals surface area contributed by atoms with E-state index >= 15 is 0 Å². The average molecular weight is 376 g/mol. The fourth-order valence-corrected chi connectivity index (χ4v) is 3.53. The van der Waals surface area contributed by atoms with Crippen LogP contribution in [-0.2, 0) is 6.54 Å². The molecule has 144 valence electrons. The highest BCUT2D eigenvalue weighted by Gasteiger charge is 2.23. The Morgan fingerprint density at radius 3 is 2.57 bits per heavy atom. The van der Waals surface area contributed by atoms with Gasteiger partial charge in [-0.15, -0.1) is 0 Å². The second kappa shape index (κ2) is 8.27. The van der Waals surface area contributed by atoms with Crippen LogP contribution in [0.2, 0.25) is 0 Å². The molecule has 6 nitrogen and oxygen atoms in total. The SMILES string of the molecule is Nc1ccccc1-c1nc(C(=O)NC2CCN(Cc3ccccc3)CC2)co1. The number of piperidine rings is 1. The van der Waals surface area contributed by atoms with Crippen LogP contribution in [0, 0.1) is 0 Å². The van der Waals surface area contributed by atoms with E-state index in [2.05, 4.69) is 39.5 Å². The number of nitrogens with two attached hydrogens (primary N) is 1. The Bertz CT molecular complexity index is 930. The summed E-state index contributed by atoms with van der Waals surface area (Å²) in [5, 5.41) is 3.08. The summed E-state index contributed by atoms with van der Waals surface area (Å²) in [5.74, 6) is 0.159. The van der Waals surface area contributed by atoms with Crippen molar-refractivity contribution < 1.29 is 9.21 Å². The lowest BCUT2D eigenvalue weighted by Gasteiger charge is -2.32. The first-order chi connectivity index (χ1) is 13.7. The van der Waals surface area contributed by atoms with Crippen LogP contribution < -0.4 is 11.1 Å². The van der Waals surface area contributed by atoms with Gasteiger partial charge in [-0.3, -0.25) is 9.69 Å². The number of anilines is 1. The Morgan fingerprint density at radius 1 is 1.11 bits per heavy atom. The lowest BCUT2D eigenvalue weighted by molar-refractivity contribution is 0.0904. The number of nitrogen functional groups attached to an aromatic ring is 1. The first-order valence-corrected chi connectivity index (χ1v) is 9.56. The molecular weight excluding hydrogens is 352 g/mol. The fraction of sp³-hybridized carbons (Fsp3) is 0.273. The Kier molecular flexibility index (Phi) is 5.39. The molecule has 0 aliphatic carbocycles. The first kappa shape index (κ1) is 18.3. The zero-order valence-corrected chi connectivity index (χ0v) is 15.7. The van der Waals surface area contributed by atoms with Crippen molar-refractivity contribution >= 4 is 11.6 Å². The van der Waals surface area contributed by atoms with Crippen LogP contribution in [0.3, 0.4) is 0 Å². The van der Waals surface area contributed by atoms with Gasteiger partial charge in [0.2, 0.25) is 5.89 Å². The minimum Gasteiger partial charge on any atom is -0.444 e. The lowest BCUT2D eigenvalue weighted by Crippen LogP contribution is -2.44. The topological polar surface area (TPSA) is 84.4 Å². The van der Waals surface area contributed by atoms with Gasteiger partial charge in [-0.2, -0.15) is 0 Å². The van der Waals surface area contributed by atoms with Crippen molar-refractivity contribution in [1.29, 1.82) is 0 Å². The fourth-order valence-electron chi connectivity index (χ4n) is 3.53. The van der Waals surface area contributed by atoms with Crippen LogP contribution in [0.5, 0.6) is 0 Å². The molecule has 0 saturated carbocycles. The molecule has 28 heavy (non-hydrogen) atoms. The monoisotopic (exact) mass is 376 g/mol. The number of oxazole rings is 1. The van der Waals surface area contributed by atoms with Crippen LogP contribution in [0.4, 0.5) is 5.69 Å². The molecule has 1 aliphatic rings. The van der Waals surface area contributed by atoms with Gasteiger partial charge in [0, 0.05) is 31.4 Å². The molecule has 2 heterocycles. The smallest absolute Gasteiger partial charge is 0.273 e. The summed E-state index contributed by atoms with van der Waals surface area (Å²) in [6, 6.07) is 17.9. The van der Waals surface area contributed by atoms with Gasteiger partial charge in [-0.05, 0) is 30.5 Å². The number of benzene rings is 2. The van der Waals surface area contributed by atoms with Crippen LogP contribution >= 0.6 is 0 Å². The number of aromatic nitrogens is 1. The van der Waals surface area contributed by atoms with Crippen molar-refractivity contribution in [2.75, 3.05) is 18.8 Å². The molecule has 0 bridgehead atoms. The Balaban J connectivity index is 1.31. The van der Waals surface area contributed by atoms with Crippen molar-refractivity contribution in [3.63, 3.8) is 0 Å². The molecule has 1 amide bonds. The molecule has 0 spiro atoms. The minimum absolute atomic E-state index is 0.154. The number of para-hydroxylation sites is 1. The Labute approximate surface area is 164 Å². The maximum Gasteiger partial charge on any atom is 0.273 e. The van der Waals surface area contributed by atoms with Gasteiger partial charge >= 0.3 is 0 Å². The maximum absolute atomic E-state index is 12.5. The number of amides is 1. The summed E-state index contributed by atoms with van der Waals surface area (Å²) in [6.07, 6.45) is 3.24. The zero-order valence-electron chi connectivity index (χ0n) is 15.7. The molecule has 1 fully saturated rings. The largest absolute Gasteiger partial charge is 0.444 e. The normalized spacial score (nSPS) is 15.4. The summed E-state index contributed by atoms with van der Waals surface area (Å²) in [6.45, 7) is 2.88. The van der Waals surface area contributed by atoms with Crippen molar-refractivity contribution in [2.24, 2.45) is 0 Å². The van der Waals surface area contributed by atoms with Crippen LogP contribution in [-0.4, -0.2) is 34.9 Å². The van der Waals surface area contributed by atoms with E-state index in [-0.39, 0.29) is 17.6 Å². The van der Waals surface area contributed by atoms with Crippen molar-refractivity contribution in [3.8, 4) is 11.5 Å². The second-order valence-electron chi connectivity index (χ2n) is 7.13. The molecule has 0 atom stereocenters. The summed E-state index contributed by atoms with van der Waals surface area (Å²) in [5.41, 5.74) is 8.81. The van der Waals surface area contributed by atoms with Crippen molar-refractivity contribution in [2.45, 2.75) is 25.4 Å². The first-order valence-electron chi connectivity index (χ1n) is 9.56. The predicted molar refractivity (Wildman–Crippen MR) is 109 cm³/mol. The standard InChI is InChI=1S/C22H24N4O2/c23-19-9-5-4-8-18(19)22-25-20(15-28-22)21(27)24-17-10-12-26(13-11-17)14-16-6-2-1-3-7-16/h1-9,15,17H,10-14,23H2,(H,24,27). The molecule has 3 aromatic rings. The number of nitrogens with one attached hydrogen (secondary N) is 1. The molecule has 0 radical (unpaired) electrons. The highest BCUT2D eigenvalue weighted by atomic mass is 16.3. The van der Waals surface area contributed by atoms with E-state index in [0.717, 1.165) is 32.5 Å². The molecule has 1 aromatic heterocycles. The van der Waals surface area contributed by atoms with E-state index in [1.807, 2.05) is 24.3 Å². The Morgan fingerprint density at radius 2 is 1.82 bits per heavy atom. The molecule has 3 N–H and O–H groups in total. The highest BCUT2D eigenvalue weighted by molar-refractivity contribution is 5.92. The number of rotatable bonds is 5. The number of hydrogen-bond acceptors (Lipinski definition) is 5. The van der Waals surface area contributed by atoms with Crippen LogP contribution in [0.1, 0.15) is 28.9 Å². The third kappa shape index (κ3) is 4.23. The van der Waals surface area contributed by atoms with Gasteiger partial charge in [0.1, 0.15) is 6.26 Å². The third-order valence-electron chi connectivity index (χ3n) is 5.10. The number of carbonyl (C=O) groups excluding carboxylic acids is 1. The van der Waals surface area contributed by atoms with Gasteiger partial charge in [-0.1, -0.05) is 42.5 Å². The van der Waals surface area contributed by atoms with Gasteiger partial charge in [0.25, 0.3) is 5.91 Å². The minimum atomic E-state index is -0.203. The number of hydrogen-bond donors (Lipinski definition) is 2. The summed E-state index contributed by atoms with van der Waals surface area (Å²) in [4.78, 5) is 19.3. The lowest BCUT2D eigenvalue weighted by atomic mass is 10.0. The quantitative estimate of drug-likeness (QED) is 0.668. The van der Waals surface area contributed by atoms with Crippen molar-refractivity contribution in [3.05, 3.63) is 72.1 Å². The molecule has 6 heteroatoms. The molecule has 2 aromatic carbocycles. The Hall–Kier alpha value is -3.12. The van der Waals surface area contributed by atoms with Crippen LogP contribution in [0.25, 0.3) is 11.5 Å². The van der Waals surface area contributed by atoms with E-state index in [1.165, 1.54) is 11.8 Å². The molecule has 1 aliphatic heterocycles. The third-order valence-corrected chi connectivity index (χ3v) is 5.10. The van der Waals surface area contributed by atoms with Gasteiger partial charge in [0.15, 0.2) is 5.69 Å². The molecule has 1 saturated heterocycles.